The summed E-state index contributed by atoms with van der Waals surface area (Å²) < 4.78 is 10.3. The first kappa shape index (κ1) is 14.2. The van der Waals surface area contributed by atoms with Crippen LogP contribution in [-0.2, 0) is 19.1 Å². The standard InChI is InChI=1S/C12H20N2O5/c13-9-6-19-5-8(9)10(15)14-7-12(11(16)17)1-3-18-4-2-12/h8-9H,1-7,13H2,(H,14,15)(H,16,17). The SMILES string of the molecule is NC1COCC1C(=O)NCC1(C(=O)O)CCOCC1. The van der Waals surface area contributed by atoms with Crippen molar-refractivity contribution in [2.45, 2.75) is 18.9 Å². The Morgan fingerprint density at radius 2 is 1.95 bits per heavy atom. The van der Waals surface area contributed by atoms with Crippen LogP contribution >= 0.6 is 0 Å². The molecule has 2 saturated heterocycles. The van der Waals surface area contributed by atoms with Gasteiger partial charge in [-0.05, 0) is 12.8 Å². The van der Waals surface area contributed by atoms with Crippen molar-refractivity contribution in [3.63, 3.8) is 0 Å². The minimum Gasteiger partial charge on any atom is -0.481 e. The van der Waals surface area contributed by atoms with E-state index in [1.165, 1.54) is 0 Å². The quantitative estimate of drug-likeness (QED) is 0.602. The molecule has 2 aliphatic rings. The molecule has 7 nitrogen and oxygen atoms in total. The third-order valence-electron chi connectivity index (χ3n) is 3.97. The fraction of sp³-hybridized carbons (Fsp3) is 0.833. The summed E-state index contributed by atoms with van der Waals surface area (Å²) in [5.74, 6) is -1.49. The molecule has 0 saturated carbocycles. The highest BCUT2D eigenvalue weighted by molar-refractivity contribution is 5.81. The van der Waals surface area contributed by atoms with Crippen LogP contribution < -0.4 is 11.1 Å². The van der Waals surface area contributed by atoms with E-state index in [4.69, 9.17) is 15.2 Å². The lowest BCUT2D eigenvalue weighted by Gasteiger charge is -2.33. The van der Waals surface area contributed by atoms with Crippen molar-refractivity contribution in [2.75, 3.05) is 33.0 Å². The van der Waals surface area contributed by atoms with Crippen LogP contribution in [0.2, 0.25) is 0 Å². The second kappa shape index (κ2) is 5.85. The van der Waals surface area contributed by atoms with Crippen LogP contribution in [0.25, 0.3) is 0 Å². The summed E-state index contributed by atoms with van der Waals surface area (Å²) >= 11 is 0. The fourth-order valence-corrected chi connectivity index (χ4v) is 2.46. The Kier molecular flexibility index (Phi) is 4.38. The van der Waals surface area contributed by atoms with Gasteiger partial charge < -0.3 is 25.6 Å². The number of carbonyl (C=O) groups excluding carboxylic acids is 1. The molecule has 0 spiro atoms. The molecule has 0 aromatic carbocycles. The molecular weight excluding hydrogens is 252 g/mol. The Morgan fingerprint density at radius 1 is 1.26 bits per heavy atom. The molecule has 2 unspecified atom stereocenters. The highest BCUT2D eigenvalue weighted by atomic mass is 16.5. The van der Waals surface area contributed by atoms with Gasteiger partial charge in [0.15, 0.2) is 0 Å². The number of hydrogen-bond donors (Lipinski definition) is 3. The maximum absolute atomic E-state index is 12.0. The van der Waals surface area contributed by atoms with Gasteiger partial charge in [0, 0.05) is 25.8 Å². The molecule has 2 heterocycles. The van der Waals surface area contributed by atoms with Crippen LogP contribution in [-0.4, -0.2) is 56.0 Å². The first-order valence-electron chi connectivity index (χ1n) is 6.47. The van der Waals surface area contributed by atoms with Crippen molar-refractivity contribution in [3.8, 4) is 0 Å². The number of carbonyl (C=O) groups is 2. The number of amides is 1. The molecule has 0 bridgehead atoms. The minimum atomic E-state index is -0.919. The highest BCUT2D eigenvalue weighted by Gasteiger charge is 2.41. The summed E-state index contributed by atoms with van der Waals surface area (Å²) in [4.78, 5) is 23.4. The molecule has 108 valence electrons. The van der Waals surface area contributed by atoms with Gasteiger partial charge in [-0.25, -0.2) is 0 Å². The average Bonchev–Trinajstić information content (AvgIpc) is 2.83. The lowest BCUT2D eigenvalue weighted by Crippen LogP contribution is -2.49. The molecule has 0 aromatic heterocycles. The molecule has 2 rings (SSSR count). The molecule has 2 aliphatic heterocycles. The summed E-state index contributed by atoms with van der Waals surface area (Å²) in [5.41, 5.74) is 4.84. The largest absolute Gasteiger partial charge is 0.481 e. The van der Waals surface area contributed by atoms with Crippen LogP contribution in [0.1, 0.15) is 12.8 Å². The average molecular weight is 272 g/mol. The maximum atomic E-state index is 12.0. The van der Waals surface area contributed by atoms with E-state index in [0.717, 1.165) is 0 Å². The molecule has 0 aliphatic carbocycles. The summed E-state index contributed by atoms with van der Waals surface area (Å²) in [6.45, 7) is 1.61. The predicted molar refractivity (Wildman–Crippen MR) is 65.4 cm³/mol. The van der Waals surface area contributed by atoms with Crippen LogP contribution in [0.5, 0.6) is 0 Å². The van der Waals surface area contributed by atoms with Gasteiger partial charge in [-0.3, -0.25) is 9.59 Å². The summed E-state index contributed by atoms with van der Waals surface area (Å²) in [6.07, 6.45) is 0.825. The number of hydrogen-bond acceptors (Lipinski definition) is 5. The van der Waals surface area contributed by atoms with Crippen LogP contribution in [0.15, 0.2) is 0 Å². The van der Waals surface area contributed by atoms with E-state index >= 15 is 0 Å². The van der Waals surface area contributed by atoms with Crippen molar-refractivity contribution in [2.24, 2.45) is 17.1 Å². The number of carboxylic acid groups (broad SMARTS) is 1. The van der Waals surface area contributed by atoms with E-state index < -0.39 is 11.4 Å². The molecule has 7 heteroatoms. The Morgan fingerprint density at radius 3 is 2.47 bits per heavy atom. The smallest absolute Gasteiger partial charge is 0.311 e. The van der Waals surface area contributed by atoms with Gasteiger partial charge in [-0.2, -0.15) is 0 Å². The number of aliphatic carboxylic acids is 1. The Balaban J connectivity index is 1.91. The van der Waals surface area contributed by atoms with Gasteiger partial charge in [0.25, 0.3) is 0 Å². The van der Waals surface area contributed by atoms with E-state index in [0.29, 0.717) is 39.3 Å². The van der Waals surface area contributed by atoms with Crippen molar-refractivity contribution < 1.29 is 24.2 Å². The molecule has 4 N–H and O–H groups in total. The molecule has 2 atom stereocenters. The molecular formula is C12H20N2O5. The van der Waals surface area contributed by atoms with E-state index in [1.54, 1.807) is 0 Å². The Labute approximate surface area is 111 Å². The minimum absolute atomic E-state index is 0.119. The zero-order valence-corrected chi connectivity index (χ0v) is 10.8. The van der Waals surface area contributed by atoms with Crippen molar-refractivity contribution in [3.05, 3.63) is 0 Å². The summed E-state index contributed by atoms with van der Waals surface area (Å²) in [6, 6.07) is -0.310. The molecule has 2 fully saturated rings. The van der Waals surface area contributed by atoms with Crippen molar-refractivity contribution in [1.82, 2.24) is 5.32 Å². The van der Waals surface area contributed by atoms with E-state index in [9.17, 15) is 14.7 Å². The van der Waals surface area contributed by atoms with Crippen molar-refractivity contribution >= 4 is 11.9 Å². The Bertz CT molecular complexity index is 354. The second-order valence-electron chi connectivity index (χ2n) is 5.22. The summed E-state index contributed by atoms with van der Waals surface area (Å²) in [7, 11) is 0. The number of ether oxygens (including phenoxy) is 2. The topological polar surface area (TPSA) is 111 Å². The third kappa shape index (κ3) is 3.05. The van der Waals surface area contributed by atoms with Gasteiger partial charge in [0.05, 0.1) is 24.5 Å². The first-order chi connectivity index (χ1) is 9.05. The van der Waals surface area contributed by atoms with Gasteiger partial charge in [0.2, 0.25) is 5.91 Å². The summed E-state index contributed by atoms with van der Waals surface area (Å²) in [5, 5.41) is 12.1. The first-order valence-corrected chi connectivity index (χ1v) is 6.47. The van der Waals surface area contributed by atoms with Gasteiger partial charge in [-0.1, -0.05) is 0 Å². The van der Waals surface area contributed by atoms with E-state index in [-0.39, 0.29) is 24.4 Å². The normalized spacial score (nSPS) is 29.9. The molecule has 0 radical (unpaired) electrons. The molecule has 1 amide bonds. The maximum Gasteiger partial charge on any atom is 0.311 e. The Hall–Kier alpha value is -1.18. The number of carboxylic acids is 1. The van der Waals surface area contributed by atoms with Gasteiger partial charge >= 0.3 is 5.97 Å². The predicted octanol–water partition coefficient (Wildman–Crippen LogP) is -1.04. The number of nitrogens with one attached hydrogen (secondary N) is 1. The zero-order chi connectivity index (χ0) is 13.9. The lowest BCUT2D eigenvalue weighted by molar-refractivity contribution is -0.154. The van der Waals surface area contributed by atoms with Crippen molar-refractivity contribution in [1.29, 1.82) is 0 Å². The van der Waals surface area contributed by atoms with Gasteiger partial charge in [-0.15, -0.1) is 0 Å². The molecule has 19 heavy (non-hydrogen) atoms. The van der Waals surface area contributed by atoms with E-state index in [2.05, 4.69) is 5.32 Å². The lowest BCUT2D eigenvalue weighted by atomic mass is 9.80. The van der Waals surface area contributed by atoms with Crippen LogP contribution in [0, 0.1) is 11.3 Å². The van der Waals surface area contributed by atoms with Gasteiger partial charge in [0.1, 0.15) is 0 Å². The van der Waals surface area contributed by atoms with E-state index in [1.807, 2.05) is 0 Å². The second-order valence-corrected chi connectivity index (χ2v) is 5.22. The number of rotatable bonds is 4. The van der Waals surface area contributed by atoms with Crippen LogP contribution in [0.3, 0.4) is 0 Å². The van der Waals surface area contributed by atoms with Crippen LogP contribution in [0.4, 0.5) is 0 Å². The third-order valence-corrected chi connectivity index (χ3v) is 3.97. The highest BCUT2D eigenvalue weighted by Crippen LogP contribution is 2.30. The number of nitrogens with two attached hydrogens (primary N) is 1. The zero-order valence-electron chi connectivity index (χ0n) is 10.8. The fourth-order valence-electron chi connectivity index (χ4n) is 2.46. The molecule has 0 aromatic rings. The monoisotopic (exact) mass is 272 g/mol.